The van der Waals surface area contributed by atoms with E-state index in [2.05, 4.69) is 240 Å². The van der Waals surface area contributed by atoms with Crippen molar-refractivity contribution in [2.24, 2.45) is 0 Å². The second kappa shape index (κ2) is 14.3. The molecule has 286 valence electrons. The lowest BCUT2D eigenvalue weighted by molar-refractivity contribution is 0.669. The Morgan fingerprint density at radius 2 is 0.934 bits per heavy atom. The van der Waals surface area contributed by atoms with Gasteiger partial charge in [-0.2, -0.15) is 0 Å². The van der Waals surface area contributed by atoms with Gasteiger partial charge in [0.05, 0.1) is 22.1 Å². The molecule has 0 amide bonds. The largest absolute Gasteiger partial charge is 0.456 e. The lowest BCUT2D eigenvalue weighted by Gasteiger charge is -2.28. The van der Waals surface area contributed by atoms with Crippen molar-refractivity contribution in [2.75, 3.05) is 4.90 Å². The molecule has 12 aromatic rings. The van der Waals surface area contributed by atoms with Gasteiger partial charge in [0.2, 0.25) is 0 Å². The van der Waals surface area contributed by atoms with E-state index < -0.39 is 0 Å². The molecule has 61 heavy (non-hydrogen) atoms. The number of hydrogen-bond donors (Lipinski definition) is 0. The molecule has 0 fully saturated rings. The number of furan rings is 1. The summed E-state index contributed by atoms with van der Waals surface area (Å²) in [5, 5.41) is 6.98. The van der Waals surface area contributed by atoms with Gasteiger partial charge in [-0.05, 0) is 111 Å². The number of rotatable bonds is 7. The van der Waals surface area contributed by atoms with E-state index in [0.717, 1.165) is 66.9 Å². The molecule has 0 N–H and O–H groups in total. The first kappa shape index (κ1) is 34.9. The summed E-state index contributed by atoms with van der Waals surface area (Å²) in [6.07, 6.45) is 0. The lowest BCUT2D eigenvalue weighted by Crippen LogP contribution is -2.11. The van der Waals surface area contributed by atoms with Crippen molar-refractivity contribution >= 4 is 71.6 Å². The minimum atomic E-state index is 0.840. The Balaban J connectivity index is 1.15. The first-order valence-electron chi connectivity index (χ1n) is 20.8. The summed E-state index contributed by atoms with van der Waals surface area (Å²) >= 11 is 0. The monoisotopic (exact) mass is 778 g/mol. The molecule has 10 aromatic carbocycles. The maximum absolute atomic E-state index is 6.95. The van der Waals surface area contributed by atoms with Gasteiger partial charge in [0.25, 0.3) is 0 Å². The number of aromatic nitrogens is 1. The van der Waals surface area contributed by atoms with Crippen LogP contribution in [0.3, 0.4) is 0 Å². The predicted octanol–water partition coefficient (Wildman–Crippen LogP) is 16.3. The SMILES string of the molecule is c1ccc(-c2ccc(N(c3cccc(-c4ccccc4)c3)c3cc(-c4ccc5c6ccccc6n(-c6ccccc6)c5c4)cc4oc5ccc6ccccc6c5c34)cc2)cc1. The second-order valence-electron chi connectivity index (χ2n) is 15.7. The number of hydrogen-bond acceptors (Lipinski definition) is 2. The maximum atomic E-state index is 6.95. The van der Waals surface area contributed by atoms with E-state index in [9.17, 15) is 0 Å². The van der Waals surface area contributed by atoms with Crippen LogP contribution in [0.15, 0.2) is 235 Å². The van der Waals surface area contributed by atoms with Crippen molar-refractivity contribution in [1.82, 2.24) is 4.57 Å². The van der Waals surface area contributed by atoms with Crippen LogP contribution in [0.1, 0.15) is 0 Å². The summed E-state index contributed by atoms with van der Waals surface area (Å²) in [5.74, 6) is 0. The third-order valence-corrected chi connectivity index (χ3v) is 12.1. The molecule has 0 spiro atoms. The fourth-order valence-electron chi connectivity index (χ4n) is 9.31. The van der Waals surface area contributed by atoms with Crippen LogP contribution in [-0.4, -0.2) is 4.57 Å². The van der Waals surface area contributed by atoms with Crippen molar-refractivity contribution in [3.63, 3.8) is 0 Å². The lowest BCUT2D eigenvalue weighted by atomic mass is 9.97. The standard InChI is InChI=1S/C58H38N2O/c1-4-15-39(16-5-1)41-27-31-47(32-28-41)59(48-23-14-20-43(35-48)40-17-6-2-7-18-40)54-37-45(38-56-58(54)57-49-24-11-10-19-42(49)30-34-55(57)61-56)44-29-33-51-50-25-12-13-26-52(50)60(53(51)36-44)46-21-8-3-9-22-46/h1-38H. The van der Waals surface area contributed by atoms with Gasteiger partial charge in [0, 0.05) is 33.2 Å². The highest BCUT2D eigenvalue weighted by Crippen LogP contribution is 2.48. The Hall–Kier alpha value is -8.14. The molecule has 0 saturated carbocycles. The second-order valence-corrected chi connectivity index (χ2v) is 15.7. The topological polar surface area (TPSA) is 21.3 Å². The highest BCUT2D eigenvalue weighted by molar-refractivity contribution is 6.24. The Labute approximate surface area is 353 Å². The third-order valence-electron chi connectivity index (χ3n) is 12.1. The van der Waals surface area contributed by atoms with Crippen molar-refractivity contribution in [3.8, 4) is 39.1 Å². The number of anilines is 3. The number of fused-ring (bicyclic) bond motifs is 8. The van der Waals surface area contributed by atoms with Gasteiger partial charge in [0.15, 0.2) is 0 Å². The van der Waals surface area contributed by atoms with Crippen LogP contribution in [0.25, 0.3) is 93.6 Å². The molecule has 0 bridgehead atoms. The summed E-state index contributed by atoms with van der Waals surface area (Å²) < 4.78 is 9.34. The van der Waals surface area contributed by atoms with Crippen LogP contribution >= 0.6 is 0 Å². The maximum Gasteiger partial charge on any atom is 0.138 e. The minimum absolute atomic E-state index is 0.840. The van der Waals surface area contributed by atoms with Gasteiger partial charge in [-0.15, -0.1) is 0 Å². The Bertz CT molecular complexity index is 3570. The summed E-state index contributed by atoms with van der Waals surface area (Å²) in [6.45, 7) is 0. The Morgan fingerprint density at radius 1 is 0.328 bits per heavy atom. The molecule has 0 aliphatic heterocycles. The predicted molar refractivity (Wildman–Crippen MR) is 257 cm³/mol. The molecular weight excluding hydrogens is 741 g/mol. The molecule has 0 radical (unpaired) electrons. The summed E-state index contributed by atoms with van der Waals surface area (Å²) in [4.78, 5) is 2.42. The van der Waals surface area contributed by atoms with Gasteiger partial charge in [-0.3, -0.25) is 0 Å². The first-order valence-corrected chi connectivity index (χ1v) is 20.8. The molecular formula is C58H38N2O. The van der Waals surface area contributed by atoms with Gasteiger partial charge in [-0.1, -0.05) is 164 Å². The van der Waals surface area contributed by atoms with Gasteiger partial charge < -0.3 is 13.9 Å². The molecule has 0 saturated heterocycles. The molecule has 2 heterocycles. The molecule has 0 unspecified atom stereocenters. The van der Waals surface area contributed by atoms with Gasteiger partial charge >= 0.3 is 0 Å². The first-order chi connectivity index (χ1) is 30.2. The molecule has 0 atom stereocenters. The average molecular weight is 779 g/mol. The van der Waals surface area contributed by atoms with Crippen molar-refractivity contribution < 1.29 is 4.42 Å². The zero-order valence-electron chi connectivity index (χ0n) is 33.2. The highest BCUT2D eigenvalue weighted by atomic mass is 16.3. The third kappa shape index (κ3) is 5.90. The number of benzene rings is 10. The van der Waals surface area contributed by atoms with E-state index in [1.165, 1.54) is 43.8 Å². The molecule has 0 aliphatic rings. The number of para-hydroxylation sites is 2. The smallest absolute Gasteiger partial charge is 0.138 e. The van der Waals surface area contributed by atoms with E-state index in [0.29, 0.717) is 0 Å². The van der Waals surface area contributed by atoms with Crippen LogP contribution in [0.5, 0.6) is 0 Å². The fourth-order valence-corrected chi connectivity index (χ4v) is 9.31. The molecule has 3 heteroatoms. The van der Waals surface area contributed by atoms with E-state index in [-0.39, 0.29) is 0 Å². The van der Waals surface area contributed by atoms with E-state index in [1.54, 1.807) is 0 Å². The zero-order valence-corrected chi connectivity index (χ0v) is 33.2. The highest BCUT2D eigenvalue weighted by Gasteiger charge is 2.24. The van der Waals surface area contributed by atoms with Crippen molar-refractivity contribution in [2.45, 2.75) is 0 Å². The van der Waals surface area contributed by atoms with E-state index in [4.69, 9.17) is 4.42 Å². The molecule has 3 nitrogen and oxygen atoms in total. The summed E-state index contributed by atoms with van der Waals surface area (Å²) in [5.41, 5.74) is 15.2. The Kier molecular flexibility index (Phi) is 8.17. The van der Waals surface area contributed by atoms with E-state index >= 15 is 0 Å². The molecule has 0 aliphatic carbocycles. The summed E-state index contributed by atoms with van der Waals surface area (Å²) in [6, 6.07) is 82.9. The van der Waals surface area contributed by atoms with Gasteiger partial charge in [-0.25, -0.2) is 0 Å². The molecule has 2 aromatic heterocycles. The van der Waals surface area contributed by atoms with E-state index in [1.807, 2.05) is 0 Å². The fraction of sp³-hybridized carbons (Fsp3) is 0. The van der Waals surface area contributed by atoms with Crippen LogP contribution in [0.2, 0.25) is 0 Å². The normalized spacial score (nSPS) is 11.6. The minimum Gasteiger partial charge on any atom is -0.456 e. The van der Waals surface area contributed by atoms with Gasteiger partial charge in [0.1, 0.15) is 11.2 Å². The average Bonchev–Trinajstić information content (AvgIpc) is 3.89. The number of nitrogens with zero attached hydrogens (tertiary/aromatic N) is 2. The van der Waals surface area contributed by atoms with Crippen LogP contribution in [0, 0.1) is 0 Å². The Morgan fingerprint density at radius 3 is 1.72 bits per heavy atom. The molecule has 12 rings (SSSR count). The van der Waals surface area contributed by atoms with Crippen LogP contribution in [0.4, 0.5) is 17.1 Å². The van der Waals surface area contributed by atoms with Crippen LogP contribution < -0.4 is 4.90 Å². The quantitative estimate of drug-likeness (QED) is 0.161. The summed E-state index contributed by atoms with van der Waals surface area (Å²) in [7, 11) is 0. The zero-order chi connectivity index (χ0) is 40.3. The van der Waals surface area contributed by atoms with Crippen LogP contribution in [-0.2, 0) is 0 Å². The van der Waals surface area contributed by atoms with Crippen molar-refractivity contribution in [1.29, 1.82) is 0 Å². The van der Waals surface area contributed by atoms with Crippen molar-refractivity contribution in [3.05, 3.63) is 231 Å².